The Balaban J connectivity index is 2.63. The summed E-state index contributed by atoms with van der Waals surface area (Å²) in [6, 6.07) is 0.0826. The van der Waals surface area contributed by atoms with Gasteiger partial charge in [-0.3, -0.25) is 9.59 Å². The molecule has 0 aromatic rings. The number of carboxylic acid groups (broad SMARTS) is 2. The third-order valence-electron chi connectivity index (χ3n) is 3.08. The molecule has 1 rings (SSSR count). The van der Waals surface area contributed by atoms with Crippen LogP contribution in [0.25, 0.3) is 0 Å². The molecule has 0 spiro atoms. The van der Waals surface area contributed by atoms with Gasteiger partial charge >= 0.3 is 11.9 Å². The van der Waals surface area contributed by atoms with Crippen LogP contribution < -0.4 is 5.32 Å². The van der Waals surface area contributed by atoms with Gasteiger partial charge in [0.1, 0.15) is 0 Å². The summed E-state index contributed by atoms with van der Waals surface area (Å²) in [6.07, 6.45) is 0.866. The standard InChI is InChI=1S/C10H17NO4/c1-6-8(5-10(14)15)7(2-3-11-6)4-9(12)13/h6-8,11H,2-5H2,1H3,(H,12,13)(H,14,15)/t6-,7-,8+/m1/s1. The van der Waals surface area contributed by atoms with Gasteiger partial charge in [-0.1, -0.05) is 0 Å². The lowest BCUT2D eigenvalue weighted by molar-refractivity contribution is -0.142. The second kappa shape index (κ2) is 5.11. The van der Waals surface area contributed by atoms with Crippen molar-refractivity contribution >= 4 is 11.9 Å². The number of piperidine rings is 1. The summed E-state index contributed by atoms with van der Waals surface area (Å²) in [4.78, 5) is 21.3. The molecule has 0 aromatic heterocycles. The Morgan fingerprint density at radius 1 is 1.27 bits per heavy atom. The van der Waals surface area contributed by atoms with Crippen LogP contribution in [0.15, 0.2) is 0 Å². The van der Waals surface area contributed by atoms with Crippen LogP contribution >= 0.6 is 0 Å². The van der Waals surface area contributed by atoms with Crippen molar-refractivity contribution in [2.24, 2.45) is 11.8 Å². The Bertz CT molecular complexity index is 254. The van der Waals surface area contributed by atoms with E-state index in [1.807, 2.05) is 6.92 Å². The third kappa shape index (κ3) is 3.51. The summed E-state index contributed by atoms with van der Waals surface area (Å²) in [5.74, 6) is -1.79. The normalized spacial score (nSPS) is 31.1. The van der Waals surface area contributed by atoms with Crippen LogP contribution in [0.1, 0.15) is 26.2 Å². The van der Waals surface area contributed by atoms with E-state index in [4.69, 9.17) is 10.2 Å². The highest BCUT2D eigenvalue weighted by Crippen LogP contribution is 2.29. The lowest BCUT2D eigenvalue weighted by Crippen LogP contribution is -2.45. The molecule has 0 radical (unpaired) electrons. The number of rotatable bonds is 4. The van der Waals surface area contributed by atoms with Crippen molar-refractivity contribution in [2.75, 3.05) is 6.54 Å². The monoisotopic (exact) mass is 215 g/mol. The SMILES string of the molecule is C[C@H]1NCC[C@H](CC(=O)O)[C@H]1CC(=O)O. The molecule has 1 fully saturated rings. The van der Waals surface area contributed by atoms with Crippen LogP contribution in [0.3, 0.4) is 0 Å². The summed E-state index contributed by atoms with van der Waals surface area (Å²) in [7, 11) is 0. The maximum Gasteiger partial charge on any atom is 0.303 e. The van der Waals surface area contributed by atoms with Crippen molar-refractivity contribution in [1.29, 1.82) is 0 Å². The second-order valence-corrected chi connectivity index (χ2v) is 4.15. The average molecular weight is 215 g/mol. The molecule has 3 atom stereocenters. The van der Waals surface area contributed by atoms with E-state index in [1.54, 1.807) is 0 Å². The summed E-state index contributed by atoms with van der Waals surface area (Å²) >= 11 is 0. The largest absolute Gasteiger partial charge is 0.481 e. The van der Waals surface area contributed by atoms with Gasteiger partial charge in [-0.15, -0.1) is 0 Å². The zero-order valence-electron chi connectivity index (χ0n) is 8.77. The topological polar surface area (TPSA) is 86.6 Å². The van der Waals surface area contributed by atoms with Crippen LogP contribution in [-0.4, -0.2) is 34.7 Å². The fourth-order valence-corrected chi connectivity index (χ4v) is 2.29. The highest BCUT2D eigenvalue weighted by atomic mass is 16.4. The molecule has 0 aromatic carbocycles. The fraction of sp³-hybridized carbons (Fsp3) is 0.800. The lowest BCUT2D eigenvalue weighted by atomic mass is 9.77. The molecule has 0 aliphatic carbocycles. The van der Waals surface area contributed by atoms with Gasteiger partial charge in [0, 0.05) is 18.9 Å². The summed E-state index contributed by atoms with van der Waals surface area (Å²) < 4.78 is 0. The van der Waals surface area contributed by atoms with Crippen molar-refractivity contribution in [3.05, 3.63) is 0 Å². The third-order valence-corrected chi connectivity index (χ3v) is 3.08. The Hall–Kier alpha value is -1.10. The molecule has 1 saturated heterocycles. The molecular formula is C10H17NO4. The van der Waals surface area contributed by atoms with Gasteiger partial charge in [-0.05, 0) is 31.7 Å². The van der Waals surface area contributed by atoms with E-state index in [2.05, 4.69) is 5.32 Å². The first kappa shape index (κ1) is 12.0. The Labute approximate surface area is 88.5 Å². The molecule has 1 aliphatic rings. The van der Waals surface area contributed by atoms with Crippen LogP contribution in [-0.2, 0) is 9.59 Å². The number of nitrogens with one attached hydrogen (secondary N) is 1. The zero-order chi connectivity index (χ0) is 11.4. The van der Waals surface area contributed by atoms with Crippen LogP contribution in [0.5, 0.6) is 0 Å². The molecule has 0 saturated carbocycles. The van der Waals surface area contributed by atoms with Gasteiger partial charge in [0.15, 0.2) is 0 Å². The first-order valence-corrected chi connectivity index (χ1v) is 5.17. The van der Waals surface area contributed by atoms with Gasteiger partial charge < -0.3 is 15.5 Å². The van der Waals surface area contributed by atoms with Crippen molar-refractivity contribution in [3.8, 4) is 0 Å². The van der Waals surface area contributed by atoms with Gasteiger partial charge in [0.2, 0.25) is 0 Å². The molecule has 0 unspecified atom stereocenters. The van der Waals surface area contributed by atoms with Crippen molar-refractivity contribution in [2.45, 2.75) is 32.2 Å². The van der Waals surface area contributed by atoms with Gasteiger partial charge in [-0.25, -0.2) is 0 Å². The molecule has 1 heterocycles. The quantitative estimate of drug-likeness (QED) is 0.637. The predicted molar refractivity (Wildman–Crippen MR) is 53.6 cm³/mol. The molecule has 3 N–H and O–H groups in total. The van der Waals surface area contributed by atoms with Gasteiger partial charge in [0.05, 0.1) is 0 Å². The maximum atomic E-state index is 10.7. The second-order valence-electron chi connectivity index (χ2n) is 4.15. The summed E-state index contributed by atoms with van der Waals surface area (Å²) in [5.41, 5.74) is 0. The van der Waals surface area contributed by atoms with Crippen molar-refractivity contribution in [1.82, 2.24) is 5.32 Å². The van der Waals surface area contributed by atoms with Gasteiger partial charge in [-0.2, -0.15) is 0 Å². The zero-order valence-corrected chi connectivity index (χ0v) is 8.77. The van der Waals surface area contributed by atoms with E-state index in [0.717, 1.165) is 13.0 Å². The molecule has 1 aliphatic heterocycles. The summed E-state index contributed by atoms with van der Waals surface area (Å²) in [6.45, 7) is 2.69. The fourth-order valence-electron chi connectivity index (χ4n) is 2.29. The minimum absolute atomic E-state index is 0.0187. The minimum atomic E-state index is -0.856. The number of hydrogen-bond acceptors (Lipinski definition) is 3. The predicted octanol–water partition coefficient (Wildman–Crippen LogP) is 0.550. The molecule has 5 heteroatoms. The highest BCUT2D eigenvalue weighted by molar-refractivity contribution is 5.69. The first-order chi connectivity index (χ1) is 7.00. The molecule has 0 amide bonds. The van der Waals surface area contributed by atoms with Crippen molar-refractivity contribution < 1.29 is 19.8 Å². The molecule has 86 valence electrons. The van der Waals surface area contributed by atoms with E-state index < -0.39 is 11.9 Å². The van der Waals surface area contributed by atoms with E-state index >= 15 is 0 Å². The van der Waals surface area contributed by atoms with Crippen LogP contribution in [0.2, 0.25) is 0 Å². The maximum absolute atomic E-state index is 10.7. The van der Waals surface area contributed by atoms with E-state index in [0.29, 0.717) is 0 Å². The smallest absolute Gasteiger partial charge is 0.303 e. The van der Waals surface area contributed by atoms with E-state index in [1.165, 1.54) is 0 Å². The van der Waals surface area contributed by atoms with E-state index in [-0.39, 0.29) is 30.7 Å². The molecule has 15 heavy (non-hydrogen) atoms. The lowest BCUT2D eigenvalue weighted by Gasteiger charge is -2.35. The minimum Gasteiger partial charge on any atom is -0.481 e. The van der Waals surface area contributed by atoms with Crippen LogP contribution in [0.4, 0.5) is 0 Å². The number of hydrogen-bond donors (Lipinski definition) is 3. The Morgan fingerprint density at radius 3 is 2.40 bits per heavy atom. The Kier molecular flexibility index (Phi) is 4.08. The highest BCUT2D eigenvalue weighted by Gasteiger charge is 2.33. The average Bonchev–Trinajstić information content (AvgIpc) is 2.09. The van der Waals surface area contributed by atoms with Crippen LogP contribution in [0, 0.1) is 11.8 Å². The molecule has 5 nitrogen and oxygen atoms in total. The molecule has 0 bridgehead atoms. The number of carbonyl (C=O) groups is 2. The van der Waals surface area contributed by atoms with Gasteiger partial charge in [0.25, 0.3) is 0 Å². The van der Waals surface area contributed by atoms with Crippen molar-refractivity contribution in [3.63, 3.8) is 0 Å². The summed E-state index contributed by atoms with van der Waals surface area (Å²) in [5, 5.41) is 20.7. The molecular weight excluding hydrogens is 198 g/mol. The number of carboxylic acids is 2. The number of aliphatic carboxylic acids is 2. The van der Waals surface area contributed by atoms with E-state index in [9.17, 15) is 9.59 Å². The Morgan fingerprint density at radius 2 is 1.87 bits per heavy atom. The first-order valence-electron chi connectivity index (χ1n) is 5.17.